The highest BCUT2D eigenvalue weighted by molar-refractivity contribution is 7.89. The molecule has 2 aliphatic rings. The monoisotopic (exact) mass is 725 g/mol. The van der Waals surface area contributed by atoms with E-state index < -0.39 is 34.1 Å². The maximum absolute atomic E-state index is 14.1. The maximum Gasteiger partial charge on any atom is 0.321 e. The number of thiazole rings is 1. The van der Waals surface area contributed by atoms with Gasteiger partial charge in [-0.05, 0) is 61.9 Å². The fourth-order valence-corrected chi connectivity index (χ4v) is 8.72. The molecule has 1 aromatic heterocycles. The van der Waals surface area contributed by atoms with Crippen molar-refractivity contribution >= 4 is 39.5 Å². The summed E-state index contributed by atoms with van der Waals surface area (Å²) in [6.07, 6.45) is 1.86. The zero-order chi connectivity index (χ0) is 35.8. The molecule has 0 aliphatic carbocycles. The van der Waals surface area contributed by atoms with Gasteiger partial charge in [0.15, 0.2) is 0 Å². The van der Waals surface area contributed by atoms with Crippen molar-refractivity contribution < 1.29 is 28.3 Å². The molecule has 3 amide bonds. The van der Waals surface area contributed by atoms with Gasteiger partial charge in [-0.3, -0.25) is 4.79 Å². The van der Waals surface area contributed by atoms with Gasteiger partial charge in [0.1, 0.15) is 6.04 Å². The number of benzene rings is 2. The third-order valence-electron chi connectivity index (χ3n) is 9.17. The number of hydrogen-bond donors (Lipinski definition) is 4. The predicted octanol–water partition coefficient (Wildman–Crippen LogP) is 3.05. The largest absolute Gasteiger partial charge is 0.411 e. The minimum Gasteiger partial charge on any atom is -0.411 e. The van der Waals surface area contributed by atoms with Crippen molar-refractivity contribution in [2.24, 2.45) is 11.1 Å². The molecule has 2 saturated heterocycles. The number of rotatable bonds is 16. The molecule has 3 aromatic rings. The van der Waals surface area contributed by atoms with Gasteiger partial charge in [0.05, 0.1) is 40.5 Å². The molecule has 2 fully saturated rings. The standard InChI is InChI=1S/C35H47N7O6S2/c1-24(2)33(42-17-16-40(35(42)45)20-29-23-49-25(3)38-29)34(44)39-31(18-26-8-5-4-6-9-26)32(43)22-41(21-28-10-7-15-36-28)50(47,48)30-13-11-27(12-14-30)19-37-46/h4-6,8-9,11-14,19,23-24,28,31-33,36,43,46H,7,10,15-18,20-22H2,1-3H3,(H,39,44)/b37-19+/t28?,31-,32+,33?/m0/s1. The lowest BCUT2D eigenvalue weighted by Gasteiger charge is -2.34. The topological polar surface area (TPSA) is 168 Å². The lowest BCUT2D eigenvalue weighted by molar-refractivity contribution is -0.128. The van der Waals surface area contributed by atoms with Crippen molar-refractivity contribution in [3.8, 4) is 0 Å². The number of nitrogens with one attached hydrogen (secondary N) is 2. The average molecular weight is 726 g/mol. The number of carbonyl (C=O) groups excluding carboxylic acids is 2. The van der Waals surface area contributed by atoms with Crippen LogP contribution in [0.15, 0.2) is 70.0 Å². The quantitative estimate of drug-likeness (QED) is 0.0994. The first-order valence-electron chi connectivity index (χ1n) is 17.0. The molecule has 0 bridgehead atoms. The van der Waals surface area contributed by atoms with Crippen LogP contribution in [0.3, 0.4) is 0 Å². The Hall–Kier alpha value is -3.89. The van der Waals surface area contributed by atoms with Gasteiger partial charge in [-0.15, -0.1) is 11.3 Å². The maximum atomic E-state index is 14.1. The van der Waals surface area contributed by atoms with Crippen LogP contribution in [0.2, 0.25) is 0 Å². The summed E-state index contributed by atoms with van der Waals surface area (Å²) in [7, 11) is -4.08. The minimum atomic E-state index is -4.08. The summed E-state index contributed by atoms with van der Waals surface area (Å²) in [5.41, 5.74) is 2.19. The molecule has 4 N–H and O–H groups in total. The van der Waals surface area contributed by atoms with E-state index >= 15 is 0 Å². The molecular formula is C35H47N7O6S2. The first kappa shape index (κ1) is 37.4. The number of aliphatic hydroxyl groups excluding tert-OH is 1. The number of amides is 3. The summed E-state index contributed by atoms with van der Waals surface area (Å²) in [5.74, 6) is -0.646. The molecule has 50 heavy (non-hydrogen) atoms. The Morgan fingerprint density at radius 3 is 2.54 bits per heavy atom. The molecular weight excluding hydrogens is 679 g/mol. The first-order chi connectivity index (χ1) is 24.0. The van der Waals surface area contributed by atoms with Gasteiger partial charge in [-0.1, -0.05) is 61.5 Å². The number of hydrogen-bond acceptors (Lipinski definition) is 10. The SMILES string of the molecule is Cc1nc(CN2CCN(C(C(=O)N[C@@H](Cc3ccccc3)[C@H](O)CN(CC3CCCN3)S(=O)(=O)c3ccc(/C=N/O)cc3)C(C)C)C2=O)cs1. The van der Waals surface area contributed by atoms with E-state index in [1.54, 1.807) is 9.80 Å². The number of aromatic nitrogens is 1. The van der Waals surface area contributed by atoms with Crippen LogP contribution in [0.4, 0.5) is 4.79 Å². The second-order valence-corrected chi connectivity index (χ2v) is 16.2. The third kappa shape index (κ3) is 9.26. The zero-order valence-electron chi connectivity index (χ0n) is 28.7. The number of carbonyl (C=O) groups is 2. The van der Waals surface area contributed by atoms with E-state index in [4.69, 9.17) is 5.21 Å². The highest BCUT2D eigenvalue weighted by Crippen LogP contribution is 2.23. The van der Waals surface area contributed by atoms with Crippen molar-refractivity contribution in [1.82, 2.24) is 29.7 Å². The second-order valence-electron chi connectivity index (χ2n) is 13.2. The molecule has 0 radical (unpaired) electrons. The molecule has 4 atom stereocenters. The molecule has 270 valence electrons. The number of urea groups is 1. The van der Waals surface area contributed by atoms with Crippen LogP contribution in [-0.2, 0) is 27.8 Å². The van der Waals surface area contributed by atoms with E-state index in [1.807, 2.05) is 56.5 Å². The zero-order valence-corrected chi connectivity index (χ0v) is 30.3. The predicted molar refractivity (Wildman–Crippen MR) is 192 cm³/mol. The van der Waals surface area contributed by atoms with Gasteiger partial charge in [-0.2, -0.15) is 4.31 Å². The number of nitrogens with zero attached hydrogens (tertiary/aromatic N) is 5. The van der Waals surface area contributed by atoms with Crippen LogP contribution in [0.5, 0.6) is 0 Å². The summed E-state index contributed by atoms with van der Waals surface area (Å²) in [4.78, 5) is 35.5. The average Bonchev–Trinajstić information content (AvgIpc) is 3.84. The Morgan fingerprint density at radius 1 is 1.18 bits per heavy atom. The van der Waals surface area contributed by atoms with Crippen molar-refractivity contribution in [2.75, 3.05) is 32.7 Å². The summed E-state index contributed by atoms with van der Waals surface area (Å²) >= 11 is 1.52. The molecule has 13 nitrogen and oxygen atoms in total. The highest BCUT2D eigenvalue weighted by atomic mass is 32.2. The van der Waals surface area contributed by atoms with Crippen LogP contribution in [0.1, 0.15) is 48.5 Å². The summed E-state index contributed by atoms with van der Waals surface area (Å²) < 4.78 is 29.4. The van der Waals surface area contributed by atoms with Gasteiger partial charge >= 0.3 is 6.03 Å². The van der Waals surface area contributed by atoms with E-state index in [1.165, 1.54) is 46.1 Å². The third-order valence-corrected chi connectivity index (χ3v) is 11.8. The smallest absolute Gasteiger partial charge is 0.321 e. The van der Waals surface area contributed by atoms with E-state index in [2.05, 4.69) is 20.8 Å². The normalized spacial score (nSPS) is 18.8. The number of sulfonamides is 1. The van der Waals surface area contributed by atoms with Gasteiger partial charge in [0, 0.05) is 37.6 Å². The van der Waals surface area contributed by atoms with Gasteiger partial charge < -0.3 is 30.7 Å². The molecule has 0 saturated carbocycles. The van der Waals surface area contributed by atoms with Crippen LogP contribution in [0.25, 0.3) is 0 Å². The fraction of sp³-hybridized carbons (Fsp3) is 0.486. The number of oxime groups is 1. The van der Waals surface area contributed by atoms with Gasteiger partial charge in [0.25, 0.3) is 0 Å². The van der Waals surface area contributed by atoms with E-state index in [0.717, 1.165) is 35.7 Å². The van der Waals surface area contributed by atoms with Crippen LogP contribution in [0, 0.1) is 12.8 Å². The molecule has 3 heterocycles. The molecule has 2 aliphatic heterocycles. The number of aryl methyl sites for hydroxylation is 1. The van der Waals surface area contributed by atoms with Crippen molar-refractivity contribution in [2.45, 2.75) is 75.7 Å². The van der Waals surface area contributed by atoms with Crippen LogP contribution < -0.4 is 10.6 Å². The molecule has 2 aromatic carbocycles. The van der Waals surface area contributed by atoms with Gasteiger partial charge in [-0.25, -0.2) is 18.2 Å². The van der Waals surface area contributed by atoms with Crippen molar-refractivity contribution in [3.63, 3.8) is 0 Å². The molecule has 5 rings (SSSR count). The van der Waals surface area contributed by atoms with E-state index in [9.17, 15) is 23.1 Å². The summed E-state index contributed by atoms with van der Waals surface area (Å²) in [5, 5.41) is 33.0. The van der Waals surface area contributed by atoms with E-state index in [0.29, 0.717) is 25.2 Å². The molecule has 2 unspecified atom stereocenters. The second kappa shape index (κ2) is 16.9. The summed E-state index contributed by atoms with van der Waals surface area (Å²) in [6.45, 7) is 7.50. The Kier molecular flexibility index (Phi) is 12.6. The van der Waals surface area contributed by atoms with Gasteiger partial charge in [0.2, 0.25) is 15.9 Å². The highest BCUT2D eigenvalue weighted by Gasteiger charge is 2.41. The summed E-state index contributed by atoms with van der Waals surface area (Å²) in [6, 6.07) is 13.3. The van der Waals surface area contributed by atoms with Crippen molar-refractivity contribution in [3.05, 3.63) is 81.8 Å². The number of aliphatic hydroxyl groups is 1. The lowest BCUT2D eigenvalue weighted by atomic mass is 9.97. The Morgan fingerprint density at radius 2 is 1.92 bits per heavy atom. The Balaban J connectivity index is 1.38. The van der Waals surface area contributed by atoms with Crippen LogP contribution in [-0.4, -0.2) is 113 Å². The van der Waals surface area contributed by atoms with Crippen LogP contribution >= 0.6 is 11.3 Å². The minimum absolute atomic E-state index is 0.0335. The molecule has 15 heteroatoms. The lowest BCUT2D eigenvalue weighted by Crippen LogP contribution is -2.57. The Bertz CT molecular complexity index is 1710. The van der Waals surface area contributed by atoms with Crippen molar-refractivity contribution in [1.29, 1.82) is 0 Å². The Labute approximate surface area is 298 Å². The fourth-order valence-electron chi connectivity index (χ4n) is 6.61. The molecule has 0 spiro atoms. The first-order valence-corrected chi connectivity index (χ1v) is 19.3. The van der Waals surface area contributed by atoms with E-state index in [-0.39, 0.29) is 42.4 Å².